The molecule has 0 aliphatic heterocycles. The molecule has 1 nitrogen and oxygen atoms in total. The number of hydrogen-bond acceptors (Lipinski definition) is 0. The second-order valence-electron chi connectivity index (χ2n) is 6.85. The summed E-state index contributed by atoms with van der Waals surface area (Å²) in [7, 11) is 0. The second-order valence-corrected chi connectivity index (χ2v) is 6.85. The van der Waals surface area contributed by atoms with Crippen LogP contribution in [0.4, 0.5) is 0 Å². The number of hydrogen-bond donors (Lipinski definition) is 1. The van der Waals surface area contributed by atoms with Crippen molar-refractivity contribution in [2.24, 2.45) is 0 Å². The Morgan fingerprint density at radius 1 is 0.522 bits per heavy atom. The SMILES string of the molecule is CCCCCCCCCCC/C=C\CCCCCCCC[NH3+].[Cl-]. The Bertz CT molecular complexity index is 216. The van der Waals surface area contributed by atoms with Gasteiger partial charge in [-0.15, -0.1) is 0 Å². The van der Waals surface area contributed by atoms with Crippen LogP contribution in [0.25, 0.3) is 0 Å². The molecule has 0 rings (SSSR count). The Morgan fingerprint density at radius 3 is 1.26 bits per heavy atom. The third kappa shape index (κ3) is 24.4. The molecule has 0 saturated heterocycles. The van der Waals surface area contributed by atoms with Crippen LogP contribution < -0.4 is 18.1 Å². The van der Waals surface area contributed by atoms with Gasteiger partial charge in [-0.2, -0.15) is 0 Å². The van der Waals surface area contributed by atoms with Crippen LogP contribution in [0.3, 0.4) is 0 Å². The highest BCUT2D eigenvalue weighted by atomic mass is 35.5. The fourth-order valence-electron chi connectivity index (χ4n) is 2.95. The number of quaternary nitrogens is 1. The lowest BCUT2D eigenvalue weighted by Crippen LogP contribution is -3.00. The molecule has 0 aromatic rings. The van der Waals surface area contributed by atoms with Gasteiger partial charge in [-0.05, 0) is 38.5 Å². The van der Waals surface area contributed by atoms with E-state index in [4.69, 9.17) is 0 Å². The number of rotatable bonds is 18. The molecule has 0 aromatic heterocycles. The minimum Gasteiger partial charge on any atom is -1.00 e. The van der Waals surface area contributed by atoms with Gasteiger partial charge in [0.2, 0.25) is 0 Å². The van der Waals surface area contributed by atoms with E-state index in [1.54, 1.807) is 0 Å². The molecule has 0 aliphatic rings. The average Bonchev–Trinajstić information content (AvgIpc) is 2.54. The maximum absolute atomic E-state index is 3.89. The van der Waals surface area contributed by atoms with Crippen molar-refractivity contribution < 1.29 is 18.1 Å². The van der Waals surface area contributed by atoms with Crippen molar-refractivity contribution in [3.8, 4) is 0 Å². The molecule has 0 atom stereocenters. The Labute approximate surface area is 153 Å². The van der Waals surface area contributed by atoms with Crippen LogP contribution in [0.5, 0.6) is 0 Å². The van der Waals surface area contributed by atoms with Gasteiger partial charge in [0.15, 0.2) is 0 Å². The summed E-state index contributed by atoms with van der Waals surface area (Å²) in [6, 6.07) is 0. The summed E-state index contributed by atoms with van der Waals surface area (Å²) < 4.78 is 0. The topological polar surface area (TPSA) is 27.6 Å². The van der Waals surface area contributed by atoms with Crippen molar-refractivity contribution in [3.05, 3.63) is 12.2 Å². The van der Waals surface area contributed by atoms with Crippen molar-refractivity contribution in [1.29, 1.82) is 0 Å². The first kappa shape index (κ1) is 25.2. The quantitative estimate of drug-likeness (QED) is 0.291. The van der Waals surface area contributed by atoms with Crippen LogP contribution in [0.2, 0.25) is 0 Å². The highest BCUT2D eigenvalue weighted by Gasteiger charge is 1.92. The van der Waals surface area contributed by atoms with Gasteiger partial charge in [-0.3, -0.25) is 0 Å². The lowest BCUT2D eigenvalue weighted by molar-refractivity contribution is -0.368. The molecule has 0 radical (unpaired) electrons. The number of unbranched alkanes of at least 4 members (excludes halogenated alkanes) is 15. The van der Waals surface area contributed by atoms with E-state index in [-0.39, 0.29) is 12.4 Å². The van der Waals surface area contributed by atoms with E-state index < -0.39 is 0 Å². The van der Waals surface area contributed by atoms with Gasteiger partial charge < -0.3 is 18.1 Å². The summed E-state index contributed by atoms with van der Waals surface area (Å²) in [6.07, 6.45) is 28.7. The first-order valence-electron chi connectivity index (χ1n) is 10.4. The summed E-state index contributed by atoms with van der Waals surface area (Å²) in [5.74, 6) is 0. The maximum atomic E-state index is 3.89. The monoisotopic (exact) mass is 345 g/mol. The van der Waals surface area contributed by atoms with Crippen molar-refractivity contribution in [1.82, 2.24) is 0 Å². The Kier molecular flexibility index (Phi) is 26.6. The molecular formula is C21H44ClN. The van der Waals surface area contributed by atoms with Crippen LogP contribution in [0.1, 0.15) is 116 Å². The molecule has 0 amide bonds. The number of halogens is 1. The Morgan fingerprint density at radius 2 is 0.870 bits per heavy atom. The van der Waals surface area contributed by atoms with E-state index in [0.717, 1.165) is 6.54 Å². The molecule has 0 unspecified atom stereocenters. The van der Waals surface area contributed by atoms with Crippen molar-refractivity contribution in [2.75, 3.05) is 6.54 Å². The molecule has 0 fully saturated rings. The normalized spacial score (nSPS) is 11.0. The first-order chi connectivity index (χ1) is 10.9. The van der Waals surface area contributed by atoms with E-state index in [1.807, 2.05) is 0 Å². The van der Waals surface area contributed by atoms with Crippen LogP contribution >= 0.6 is 0 Å². The van der Waals surface area contributed by atoms with Crippen LogP contribution in [0.15, 0.2) is 12.2 Å². The van der Waals surface area contributed by atoms with E-state index >= 15 is 0 Å². The molecule has 3 N–H and O–H groups in total. The summed E-state index contributed by atoms with van der Waals surface area (Å²) in [5, 5.41) is 0. The summed E-state index contributed by atoms with van der Waals surface area (Å²) in [6.45, 7) is 3.40. The van der Waals surface area contributed by atoms with Crippen molar-refractivity contribution in [2.45, 2.75) is 116 Å². The van der Waals surface area contributed by atoms with E-state index in [1.165, 1.54) is 109 Å². The smallest absolute Gasteiger partial charge is 0.0739 e. The third-order valence-corrected chi connectivity index (χ3v) is 4.51. The molecule has 0 saturated carbocycles. The van der Waals surface area contributed by atoms with Crippen LogP contribution in [-0.4, -0.2) is 6.54 Å². The van der Waals surface area contributed by atoms with Gasteiger partial charge in [0, 0.05) is 0 Å². The van der Waals surface area contributed by atoms with Gasteiger partial charge >= 0.3 is 0 Å². The van der Waals surface area contributed by atoms with Gasteiger partial charge in [-0.1, -0.05) is 89.7 Å². The van der Waals surface area contributed by atoms with Crippen molar-refractivity contribution in [3.63, 3.8) is 0 Å². The maximum Gasteiger partial charge on any atom is 0.0739 e. The molecular weight excluding hydrogens is 302 g/mol. The predicted molar refractivity (Wildman–Crippen MR) is 101 cm³/mol. The standard InChI is InChI=1S/C21H43N.ClH/c1-2-3-4-5-6-7-8-9-10-11-12-13-14-15-16-17-18-19-20-21-22;/h12-13H,2-11,14-22H2,1H3;1H/b13-12-;. The number of allylic oxidation sites excluding steroid dienone is 2. The minimum absolute atomic E-state index is 0. The van der Waals surface area contributed by atoms with Gasteiger partial charge in [0.1, 0.15) is 0 Å². The van der Waals surface area contributed by atoms with E-state index in [9.17, 15) is 0 Å². The van der Waals surface area contributed by atoms with E-state index in [0.29, 0.717) is 0 Å². The highest BCUT2D eigenvalue weighted by Crippen LogP contribution is 2.11. The van der Waals surface area contributed by atoms with Gasteiger partial charge in [0.05, 0.1) is 6.54 Å². The molecule has 0 spiro atoms. The first-order valence-corrected chi connectivity index (χ1v) is 10.4. The molecule has 140 valence electrons. The van der Waals surface area contributed by atoms with Gasteiger partial charge in [0.25, 0.3) is 0 Å². The molecule has 0 aliphatic carbocycles. The summed E-state index contributed by atoms with van der Waals surface area (Å²) >= 11 is 0. The second kappa shape index (κ2) is 24.2. The summed E-state index contributed by atoms with van der Waals surface area (Å²) in [5.41, 5.74) is 3.89. The Balaban J connectivity index is 0. The zero-order valence-corrected chi connectivity index (χ0v) is 16.7. The molecule has 23 heavy (non-hydrogen) atoms. The predicted octanol–water partition coefficient (Wildman–Crippen LogP) is 3.44. The third-order valence-electron chi connectivity index (χ3n) is 4.51. The van der Waals surface area contributed by atoms with Crippen LogP contribution in [-0.2, 0) is 0 Å². The van der Waals surface area contributed by atoms with E-state index in [2.05, 4.69) is 24.8 Å². The highest BCUT2D eigenvalue weighted by molar-refractivity contribution is 4.81. The largest absolute Gasteiger partial charge is 1.00 e. The summed E-state index contributed by atoms with van der Waals surface area (Å²) in [4.78, 5) is 0. The molecule has 2 heteroatoms. The zero-order valence-electron chi connectivity index (χ0n) is 16.0. The minimum atomic E-state index is 0. The van der Waals surface area contributed by atoms with Crippen LogP contribution in [0, 0.1) is 0 Å². The lowest BCUT2D eigenvalue weighted by atomic mass is 10.1. The Hall–Kier alpha value is -0.0100. The molecule has 0 bridgehead atoms. The molecule has 0 aromatic carbocycles. The fourth-order valence-corrected chi connectivity index (χ4v) is 2.95. The van der Waals surface area contributed by atoms with Crippen molar-refractivity contribution >= 4 is 0 Å². The lowest BCUT2D eigenvalue weighted by Gasteiger charge is -2.00. The molecule has 0 heterocycles. The average molecular weight is 346 g/mol. The van der Waals surface area contributed by atoms with Gasteiger partial charge in [-0.25, -0.2) is 0 Å². The zero-order chi connectivity index (χ0) is 16.1. The fraction of sp³-hybridized carbons (Fsp3) is 0.905.